The maximum Gasteiger partial charge on any atom is 0.223 e. The molecule has 0 spiro atoms. The molecule has 0 aliphatic carbocycles. The molecule has 3 unspecified atom stereocenters. The van der Waals surface area contributed by atoms with Crippen LogP contribution < -0.4 is 10.6 Å². The third kappa shape index (κ3) is 4.74. The highest BCUT2D eigenvalue weighted by Gasteiger charge is 2.24. The van der Waals surface area contributed by atoms with Crippen LogP contribution >= 0.6 is 0 Å². The van der Waals surface area contributed by atoms with Crippen LogP contribution in [0.1, 0.15) is 52.4 Å². The average molecular weight is 281 g/mol. The largest absolute Gasteiger partial charge is 0.356 e. The molecule has 0 aromatic carbocycles. The molecule has 3 atom stereocenters. The van der Waals surface area contributed by atoms with Gasteiger partial charge in [0.05, 0.1) is 0 Å². The Morgan fingerprint density at radius 2 is 2.15 bits per heavy atom. The normalized spacial score (nSPS) is 32.0. The fraction of sp³-hybridized carbons (Fsp3) is 0.938. The predicted molar refractivity (Wildman–Crippen MR) is 82.7 cm³/mol. The number of carbonyl (C=O) groups excluding carboxylic acids is 1. The molecule has 0 aromatic rings. The van der Waals surface area contributed by atoms with Crippen LogP contribution in [0.3, 0.4) is 0 Å². The van der Waals surface area contributed by atoms with Gasteiger partial charge in [-0.2, -0.15) is 0 Å². The lowest BCUT2D eigenvalue weighted by atomic mass is 9.92. The Morgan fingerprint density at radius 3 is 2.90 bits per heavy atom. The van der Waals surface area contributed by atoms with Gasteiger partial charge in [0.25, 0.3) is 0 Å². The summed E-state index contributed by atoms with van der Waals surface area (Å²) in [5, 5.41) is 6.53. The smallest absolute Gasteiger partial charge is 0.223 e. The molecule has 2 aliphatic rings. The number of piperidine rings is 2. The van der Waals surface area contributed by atoms with Crippen molar-refractivity contribution in [2.24, 2.45) is 5.92 Å². The Morgan fingerprint density at radius 1 is 1.30 bits per heavy atom. The second kappa shape index (κ2) is 7.99. The van der Waals surface area contributed by atoms with Crippen molar-refractivity contribution in [1.82, 2.24) is 15.5 Å². The van der Waals surface area contributed by atoms with Crippen molar-refractivity contribution in [3.05, 3.63) is 0 Å². The van der Waals surface area contributed by atoms with E-state index in [0.717, 1.165) is 44.9 Å². The average Bonchev–Trinajstić information content (AvgIpc) is 2.45. The summed E-state index contributed by atoms with van der Waals surface area (Å²) < 4.78 is 0. The van der Waals surface area contributed by atoms with Crippen molar-refractivity contribution < 1.29 is 4.79 Å². The molecule has 2 saturated heterocycles. The van der Waals surface area contributed by atoms with E-state index in [1.807, 2.05) is 0 Å². The Bertz CT molecular complexity index is 308. The van der Waals surface area contributed by atoms with Gasteiger partial charge in [0.1, 0.15) is 0 Å². The first-order chi connectivity index (χ1) is 9.66. The van der Waals surface area contributed by atoms with Gasteiger partial charge < -0.3 is 15.5 Å². The van der Waals surface area contributed by atoms with Crippen LogP contribution in [0, 0.1) is 5.92 Å². The maximum absolute atomic E-state index is 12.1. The van der Waals surface area contributed by atoms with Crippen LogP contribution in [0.15, 0.2) is 0 Å². The number of amides is 1. The van der Waals surface area contributed by atoms with Crippen LogP contribution in [-0.2, 0) is 4.79 Å². The SMILES string of the molecule is CC1CC(C(=O)NCCCN2CCCCC2C)CCN1. The lowest BCUT2D eigenvalue weighted by molar-refractivity contribution is -0.126. The monoisotopic (exact) mass is 281 g/mol. The van der Waals surface area contributed by atoms with E-state index >= 15 is 0 Å². The number of carbonyl (C=O) groups is 1. The quantitative estimate of drug-likeness (QED) is 0.755. The summed E-state index contributed by atoms with van der Waals surface area (Å²) in [7, 11) is 0. The zero-order chi connectivity index (χ0) is 14.4. The Hall–Kier alpha value is -0.610. The van der Waals surface area contributed by atoms with Gasteiger partial charge in [0.15, 0.2) is 0 Å². The van der Waals surface area contributed by atoms with Crippen molar-refractivity contribution in [1.29, 1.82) is 0 Å². The first kappa shape index (κ1) is 15.8. The Balaban J connectivity index is 1.59. The van der Waals surface area contributed by atoms with Crippen LogP contribution in [-0.4, -0.2) is 49.1 Å². The third-order valence-electron chi connectivity index (χ3n) is 4.86. The molecule has 0 bridgehead atoms. The molecule has 0 radical (unpaired) electrons. The van der Waals surface area contributed by atoms with Gasteiger partial charge in [-0.1, -0.05) is 6.42 Å². The van der Waals surface area contributed by atoms with Crippen molar-refractivity contribution >= 4 is 5.91 Å². The van der Waals surface area contributed by atoms with Gasteiger partial charge in [0, 0.05) is 31.1 Å². The summed E-state index contributed by atoms with van der Waals surface area (Å²) in [6.45, 7) is 8.67. The summed E-state index contributed by atoms with van der Waals surface area (Å²) in [5.41, 5.74) is 0. The summed E-state index contributed by atoms with van der Waals surface area (Å²) in [6, 6.07) is 1.21. The van der Waals surface area contributed by atoms with Gasteiger partial charge in [-0.15, -0.1) is 0 Å². The fourth-order valence-electron chi connectivity index (χ4n) is 3.50. The molecule has 0 saturated carbocycles. The Kier molecular flexibility index (Phi) is 6.30. The van der Waals surface area contributed by atoms with Crippen molar-refractivity contribution in [2.45, 2.75) is 64.5 Å². The van der Waals surface area contributed by atoms with E-state index in [-0.39, 0.29) is 11.8 Å². The molecule has 4 nitrogen and oxygen atoms in total. The standard InChI is InChI=1S/C16H31N3O/c1-13-12-15(7-9-17-13)16(20)18-8-5-11-19-10-4-3-6-14(19)2/h13-15,17H,3-12H2,1-2H3,(H,18,20). The topological polar surface area (TPSA) is 44.4 Å². The number of hydrogen-bond donors (Lipinski definition) is 2. The zero-order valence-electron chi connectivity index (χ0n) is 13.2. The number of hydrogen-bond acceptors (Lipinski definition) is 3. The highest BCUT2D eigenvalue weighted by molar-refractivity contribution is 5.78. The van der Waals surface area contributed by atoms with Gasteiger partial charge in [-0.25, -0.2) is 0 Å². The molecule has 20 heavy (non-hydrogen) atoms. The second-order valence-electron chi connectivity index (χ2n) is 6.60. The molecular formula is C16H31N3O. The summed E-state index contributed by atoms with van der Waals surface area (Å²) in [4.78, 5) is 14.7. The third-order valence-corrected chi connectivity index (χ3v) is 4.86. The number of likely N-dealkylation sites (tertiary alicyclic amines) is 1. The minimum absolute atomic E-state index is 0.222. The van der Waals surface area contributed by atoms with E-state index in [1.54, 1.807) is 0 Å². The van der Waals surface area contributed by atoms with E-state index in [4.69, 9.17) is 0 Å². The van der Waals surface area contributed by atoms with E-state index in [0.29, 0.717) is 6.04 Å². The minimum Gasteiger partial charge on any atom is -0.356 e. The first-order valence-electron chi connectivity index (χ1n) is 8.42. The first-order valence-corrected chi connectivity index (χ1v) is 8.42. The molecule has 2 aliphatic heterocycles. The molecule has 0 aromatic heterocycles. The van der Waals surface area contributed by atoms with Crippen molar-refractivity contribution in [3.63, 3.8) is 0 Å². The molecule has 116 valence electrons. The van der Waals surface area contributed by atoms with E-state index < -0.39 is 0 Å². The Labute approximate surface area is 123 Å². The molecule has 2 N–H and O–H groups in total. The summed E-state index contributed by atoms with van der Waals surface area (Å²) in [6.07, 6.45) is 7.09. The highest BCUT2D eigenvalue weighted by Crippen LogP contribution is 2.17. The van der Waals surface area contributed by atoms with Crippen LogP contribution in [0.5, 0.6) is 0 Å². The predicted octanol–water partition coefficient (Wildman–Crippen LogP) is 1.76. The summed E-state index contributed by atoms with van der Waals surface area (Å²) in [5.74, 6) is 0.491. The van der Waals surface area contributed by atoms with E-state index in [2.05, 4.69) is 29.4 Å². The molecule has 4 heteroatoms. The molecule has 2 rings (SSSR count). The van der Waals surface area contributed by atoms with Gasteiger partial charge in [-0.05, 0) is 59.0 Å². The molecule has 2 heterocycles. The molecule has 2 fully saturated rings. The highest BCUT2D eigenvalue weighted by atomic mass is 16.1. The van der Waals surface area contributed by atoms with Crippen LogP contribution in [0.25, 0.3) is 0 Å². The number of nitrogens with zero attached hydrogens (tertiary/aromatic N) is 1. The van der Waals surface area contributed by atoms with Crippen LogP contribution in [0.4, 0.5) is 0 Å². The lowest BCUT2D eigenvalue weighted by Gasteiger charge is -2.33. The van der Waals surface area contributed by atoms with Gasteiger partial charge >= 0.3 is 0 Å². The molecule has 1 amide bonds. The van der Waals surface area contributed by atoms with Crippen molar-refractivity contribution in [2.75, 3.05) is 26.2 Å². The number of nitrogens with one attached hydrogen (secondary N) is 2. The van der Waals surface area contributed by atoms with E-state index in [1.165, 1.54) is 25.8 Å². The van der Waals surface area contributed by atoms with Gasteiger partial charge in [-0.3, -0.25) is 4.79 Å². The zero-order valence-corrected chi connectivity index (χ0v) is 13.2. The second-order valence-corrected chi connectivity index (χ2v) is 6.60. The lowest BCUT2D eigenvalue weighted by Crippen LogP contribution is -2.43. The van der Waals surface area contributed by atoms with Gasteiger partial charge in [0.2, 0.25) is 5.91 Å². The molecular weight excluding hydrogens is 250 g/mol. The van der Waals surface area contributed by atoms with E-state index in [9.17, 15) is 4.79 Å². The van der Waals surface area contributed by atoms with Crippen LogP contribution in [0.2, 0.25) is 0 Å². The fourth-order valence-corrected chi connectivity index (χ4v) is 3.50. The van der Waals surface area contributed by atoms with Crippen molar-refractivity contribution in [3.8, 4) is 0 Å². The maximum atomic E-state index is 12.1. The minimum atomic E-state index is 0.222. The number of rotatable bonds is 5. The summed E-state index contributed by atoms with van der Waals surface area (Å²) >= 11 is 0.